The second kappa shape index (κ2) is 6.51. The number of hydrogen-bond acceptors (Lipinski definition) is 5. The Labute approximate surface area is 160 Å². The molecule has 3 rings (SSSR count). The largest absolute Gasteiger partial charge is 0.507 e. The zero-order chi connectivity index (χ0) is 20.0. The number of benzene rings is 1. The molecule has 3 N–H and O–H groups in total. The van der Waals surface area contributed by atoms with E-state index in [2.05, 4.69) is 85.9 Å². The number of aromatic amines is 1. The molecule has 0 aliphatic rings. The number of nitrogens with zero attached hydrogens (tertiary/aromatic N) is 3. The van der Waals surface area contributed by atoms with Gasteiger partial charge in [-0.2, -0.15) is 0 Å². The highest BCUT2D eigenvalue weighted by molar-refractivity contribution is 5.82. The lowest BCUT2D eigenvalue weighted by molar-refractivity contribution is 0.422. The topological polar surface area (TPSA) is 86.7 Å². The number of aromatic hydroxyl groups is 1. The molecule has 1 unspecified atom stereocenters. The van der Waals surface area contributed by atoms with Crippen LogP contribution in [-0.4, -0.2) is 25.0 Å². The number of hydrogen-bond donors (Lipinski definition) is 3. The molecule has 3 aromatic rings. The minimum absolute atomic E-state index is 0.00537. The van der Waals surface area contributed by atoms with Crippen molar-refractivity contribution in [3.05, 3.63) is 41.5 Å². The molecule has 0 saturated heterocycles. The second-order valence-corrected chi connectivity index (χ2v) is 9.15. The predicted octanol–water partition coefficient (Wildman–Crippen LogP) is 4.83. The number of rotatable bonds is 3. The van der Waals surface area contributed by atoms with Crippen molar-refractivity contribution in [1.29, 1.82) is 0 Å². The zero-order valence-corrected chi connectivity index (χ0v) is 17.2. The van der Waals surface area contributed by atoms with E-state index in [1.807, 2.05) is 0 Å². The quantitative estimate of drug-likeness (QED) is 0.617. The summed E-state index contributed by atoms with van der Waals surface area (Å²) in [5.41, 5.74) is 4.11. The van der Waals surface area contributed by atoms with Crippen molar-refractivity contribution < 1.29 is 5.11 Å². The van der Waals surface area contributed by atoms with Crippen molar-refractivity contribution in [1.82, 2.24) is 19.9 Å². The van der Waals surface area contributed by atoms with E-state index in [0.29, 0.717) is 17.2 Å². The lowest BCUT2D eigenvalue weighted by Crippen LogP contribution is -2.19. The SMILES string of the molecule is CC(Nc1ncnc2nc[nH]c12)c1cc(C(C)(C)C)c(O)c(C(C)(C)C)c1. The molecule has 0 radical (unpaired) electrons. The van der Waals surface area contributed by atoms with E-state index < -0.39 is 0 Å². The number of imidazole rings is 1. The second-order valence-electron chi connectivity index (χ2n) is 9.15. The van der Waals surface area contributed by atoms with Gasteiger partial charge in [-0.1, -0.05) is 41.5 Å². The van der Waals surface area contributed by atoms with Crippen molar-refractivity contribution in [3.63, 3.8) is 0 Å². The highest BCUT2D eigenvalue weighted by Crippen LogP contribution is 2.41. The van der Waals surface area contributed by atoms with Crippen LogP contribution in [0.15, 0.2) is 24.8 Å². The van der Waals surface area contributed by atoms with E-state index in [1.54, 1.807) is 6.33 Å². The summed E-state index contributed by atoms with van der Waals surface area (Å²) >= 11 is 0. The van der Waals surface area contributed by atoms with Crippen LogP contribution in [0.2, 0.25) is 0 Å². The van der Waals surface area contributed by atoms with Gasteiger partial charge in [-0.15, -0.1) is 0 Å². The van der Waals surface area contributed by atoms with Gasteiger partial charge in [0, 0.05) is 0 Å². The molecule has 0 aliphatic heterocycles. The fourth-order valence-corrected chi connectivity index (χ4v) is 3.21. The van der Waals surface area contributed by atoms with E-state index in [0.717, 1.165) is 22.2 Å². The van der Waals surface area contributed by atoms with Crippen LogP contribution in [0.5, 0.6) is 5.75 Å². The molecule has 0 spiro atoms. The third-order valence-corrected chi connectivity index (χ3v) is 4.82. The minimum Gasteiger partial charge on any atom is -0.507 e. The number of anilines is 1. The van der Waals surface area contributed by atoms with Crippen LogP contribution in [0.25, 0.3) is 11.2 Å². The van der Waals surface area contributed by atoms with Gasteiger partial charge in [0.15, 0.2) is 11.5 Å². The monoisotopic (exact) mass is 367 g/mol. The first-order valence-electron chi connectivity index (χ1n) is 9.27. The molecule has 6 heteroatoms. The number of phenolic OH excluding ortho intramolecular Hbond substituents is 1. The highest BCUT2D eigenvalue weighted by Gasteiger charge is 2.27. The van der Waals surface area contributed by atoms with Gasteiger partial charge < -0.3 is 15.4 Å². The molecule has 1 atom stereocenters. The van der Waals surface area contributed by atoms with Crippen LogP contribution in [0.4, 0.5) is 5.82 Å². The normalized spacial score (nSPS) is 13.7. The van der Waals surface area contributed by atoms with Crippen LogP contribution in [-0.2, 0) is 10.8 Å². The van der Waals surface area contributed by atoms with Crippen molar-refractivity contribution >= 4 is 17.0 Å². The Morgan fingerprint density at radius 1 is 0.963 bits per heavy atom. The van der Waals surface area contributed by atoms with E-state index in [9.17, 15) is 5.11 Å². The molecule has 0 amide bonds. The first-order chi connectivity index (χ1) is 12.5. The Morgan fingerprint density at radius 2 is 1.56 bits per heavy atom. The van der Waals surface area contributed by atoms with Gasteiger partial charge in [0.2, 0.25) is 0 Å². The Kier molecular flexibility index (Phi) is 4.62. The van der Waals surface area contributed by atoms with Crippen molar-refractivity contribution in [2.75, 3.05) is 5.32 Å². The molecular weight excluding hydrogens is 338 g/mol. The standard InChI is InChI=1S/C21H29N5O/c1-12(26-19-16-18(23-10-22-16)24-11-25-19)13-8-14(20(2,3)4)17(27)15(9-13)21(5,6)7/h8-12,27H,1-7H3,(H2,22,23,24,25,26). The van der Waals surface area contributed by atoms with Gasteiger partial charge >= 0.3 is 0 Å². The van der Waals surface area contributed by atoms with Crippen LogP contribution in [0.3, 0.4) is 0 Å². The molecule has 1 aromatic carbocycles. The van der Waals surface area contributed by atoms with Gasteiger partial charge in [0.25, 0.3) is 0 Å². The summed E-state index contributed by atoms with van der Waals surface area (Å²) in [6.07, 6.45) is 3.13. The van der Waals surface area contributed by atoms with Crippen LogP contribution < -0.4 is 5.32 Å². The summed E-state index contributed by atoms with van der Waals surface area (Å²) in [6.45, 7) is 14.8. The Hall–Kier alpha value is -2.63. The summed E-state index contributed by atoms with van der Waals surface area (Å²) in [5, 5.41) is 14.4. The molecule has 27 heavy (non-hydrogen) atoms. The average Bonchev–Trinajstić information content (AvgIpc) is 3.02. The smallest absolute Gasteiger partial charge is 0.182 e. The molecule has 0 fully saturated rings. The predicted molar refractivity (Wildman–Crippen MR) is 109 cm³/mol. The van der Waals surface area contributed by atoms with Gasteiger partial charge in [-0.25, -0.2) is 15.0 Å². The zero-order valence-electron chi connectivity index (χ0n) is 17.2. The Morgan fingerprint density at radius 3 is 2.11 bits per heavy atom. The van der Waals surface area contributed by atoms with Crippen molar-refractivity contribution in [3.8, 4) is 5.75 Å². The van der Waals surface area contributed by atoms with Crippen LogP contribution in [0, 0.1) is 0 Å². The number of H-pyrrole nitrogens is 1. The maximum atomic E-state index is 10.9. The van der Waals surface area contributed by atoms with Gasteiger partial charge in [-0.05, 0) is 46.6 Å². The van der Waals surface area contributed by atoms with Crippen LogP contribution >= 0.6 is 0 Å². The number of fused-ring (bicyclic) bond motifs is 1. The van der Waals surface area contributed by atoms with E-state index >= 15 is 0 Å². The van der Waals surface area contributed by atoms with Gasteiger partial charge in [0.05, 0.1) is 12.4 Å². The van der Waals surface area contributed by atoms with Gasteiger partial charge in [0.1, 0.15) is 17.6 Å². The first-order valence-corrected chi connectivity index (χ1v) is 9.27. The Bertz CT molecular complexity index is 928. The number of aromatic nitrogens is 4. The van der Waals surface area contributed by atoms with E-state index in [4.69, 9.17) is 0 Å². The summed E-state index contributed by atoms with van der Waals surface area (Å²) in [4.78, 5) is 15.8. The third kappa shape index (κ3) is 3.75. The first kappa shape index (κ1) is 19.1. The molecule has 0 bridgehead atoms. The lowest BCUT2D eigenvalue weighted by atomic mass is 9.78. The summed E-state index contributed by atoms with van der Waals surface area (Å²) < 4.78 is 0. The van der Waals surface area contributed by atoms with Crippen LogP contribution in [0.1, 0.15) is 71.2 Å². The maximum Gasteiger partial charge on any atom is 0.182 e. The highest BCUT2D eigenvalue weighted by atomic mass is 16.3. The van der Waals surface area contributed by atoms with Crippen molar-refractivity contribution in [2.45, 2.75) is 65.3 Å². The molecular formula is C21H29N5O. The van der Waals surface area contributed by atoms with E-state index in [1.165, 1.54) is 6.33 Å². The fraction of sp³-hybridized carbons (Fsp3) is 0.476. The number of phenols is 1. The minimum atomic E-state index is -0.161. The molecule has 144 valence electrons. The molecule has 2 aromatic heterocycles. The molecule has 2 heterocycles. The molecule has 6 nitrogen and oxygen atoms in total. The molecule has 0 aliphatic carbocycles. The summed E-state index contributed by atoms with van der Waals surface area (Å²) in [5.74, 6) is 1.11. The maximum absolute atomic E-state index is 10.9. The average molecular weight is 367 g/mol. The van der Waals surface area contributed by atoms with E-state index in [-0.39, 0.29) is 16.9 Å². The number of nitrogens with one attached hydrogen (secondary N) is 2. The fourth-order valence-electron chi connectivity index (χ4n) is 3.21. The van der Waals surface area contributed by atoms with Gasteiger partial charge in [-0.3, -0.25) is 0 Å². The van der Waals surface area contributed by atoms with Crippen molar-refractivity contribution in [2.24, 2.45) is 0 Å². The third-order valence-electron chi connectivity index (χ3n) is 4.82. The summed E-state index contributed by atoms with van der Waals surface area (Å²) in [6, 6.07) is 4.18. The summed E-state index contributed by atoms with van der Waals surface area (Å²) in [7, 11) is 0. The Balaban J connectivity index is 2.06. The molecule has 0 saturated carbocycles. The lowest BCUT2D eigenvalue weighted by Gasteiger charge is -2.29.